The summed E-state index contributed by atoms with van der Waals surface area (Å²) in [4.78, 5) is 45.8. The van der Waals surface area contributed by atoms with E-state index in [9.17, 15) is 19.2 Å². The molecule has 1 aliphatic rings. The van der Waals surface area contributed by atoms with Gasteiger partial charge in [0.1, 0.15) is 19.4 Å². The molecule has 1 aromatic rings. The molecule has 0 unspecified atom stereocenters. The summed E-state index contributed by atoms with van der Waals surface area (Å²) >= 11 is 0. The maximum atomic E-state index is 11.8. The predicted octanol–water partition coefficient (Wildman–Crippen LogP) is -1.26. The summed E-state index contributed by atoms with van der Waals surface area (Å²) in [5.74, 6) is -1.60. The Morgan fingerprint density at radius 2 is 1.82 bits per heavy atom. The third-order valence-corrected chi connectivity index (χ3v) is 2.18. The molecule has 1 saturated heterocycles. The van der Waals surface area contributed by atoms with Gasteiger partial charge in [-0.05, 0) is 6.07 Å². The first-order valence-electron chi connectivity index (χ1n) is 4.77. The summed E-state index contributed by atoms with van der Waals surface area (Å²) < 4.78 is 4.54. The van der Waals surface area contributed by atoms with E-state index in [-0.39, 0.29) is 18.7 Å². The van der Waals surface area contributed by atoms with Gasteiger partial charge in [0, 0.05) is 6.07 Å². The normalized spacial score (nSPS) is 15.6. The Morgan fingerprint density at radius 3 is 2.35 bits per heavy atom. The van der Waals surface area contributed by atoms with E-state index in [1.807, 2.05) is 0 Å². The summed E-state index contributed by atoms with van der Waals surface area (Å²) in [5.41, 5.74) is -0.457. The zero-order valence-corrected chi connectivity index (χ0v) is 8.63. The Kier molecular flexibility index (Phi) is 2.73. The van der Waals surface area contributed by atoms with Gasteiger partial charge < -0.3 is 9.32 Å². The average molecular weight is 236 g/mol. The van der Waals surface area contributed by atoms with E-state index < -0.39 is 23.3 Å². The lowest BCUT2D eigenvalue weighted by molar-refractivity contribution is -0.135. The van der Waals surface area contributed by atoms with Crippen molar-refractivity contribution in [3.63, 3.8) is 0 Å². The second-order valence-electron chi connectivity index (χ2n) is 3.48. The quantitative estimate of drug-likeness (QED) is 0.614. The number of nitrogens with one attached hydrogen (secondary N) is 1. The molecule has 0 aliphatic carbocycles. The molecule has 0 atom stereocenters. The Labute approximate surface area is 95.0 Å². The van der Waals surface area contributed by atoms with Crippen molar-refractivity contribution in [1.82, 2.24) is 10.2 Å². The van der Waals surface area contributed by atoms with Gasteiger partial charge in [0.25, 0.3) is 5.91 Å². The van der Waals surface area contributed by atoms with E-state index in [0.29, 0.717) is 0 Å². The number of carbonyl (C=O) groups is 3. The number of amides is 3. The highest BCUT2D eigenvalue weighted by Crippen LogP contribution is 2.04. The van der Waals surface area contributed by atoms with Crippen molar-refractivity contribution < 1.29 is 18.8 Å². The van der Waals surface area contributed by atoms with E-state index in [0.717, 1.165) is 17.2 Å². The van der Waals surface area contributed by atoms with Gasteiger partial charge in [-0.2, -0.15) is 0 Å². The molecule has 0 saturated carbocycles. The number of hydrogen-bond donors (Lipinski definition) is 1. The Morgan fingerprint density at radius 1 is 1.18 bits per heavy atom. The summed E-state index contributed by atoms with van der Waals surface area (Å²) in [7, 11) is 0. The molecular formula is C10H8N2O5. The Hall–Kier alpha value is -2.44. The first kappa shape index (κ1) is 11.1. The van der Waals surface area contributed by atoms with Crippen LogP contribution >= 0.6 is 0 Å². The molecule has 1 aromatic heterocycles. The van der Waals surface area contributed by atoms with Gasteiger partial charge in [-0.25, -0.2) is 4.79 Å². The molecule has 2 rings (SSSR count). The third-order valence-electron chi connectivity index (χ3n) is 2.18. The van der Waals surface area contributed by atoms with Gasteiger partial charge in [0.2, 0.25) is 11.8 Å². The van der Waals surface area contributed by atoms with Crippen LogP contribution in [0.2, 0.25) is 0 Å². The number of piperazine rings is 1. The Bertz CT molecular complexity index is 511. The molecule has 0 spiro atoms. The molecule has 1 aliphatic heterocycles. The van der Waals surface area contributed by atoms with E-state index in [1.165, 1.54) is 6.07 Å². The molecule has 17 heavy (non-hydrogen) atoms. The van der Waals surface area contributed by atoms with Gasteiger partial charge in [-0.15, -0.1) is 0 Å². The highest BCUT2D eigenvalue weighted by Gasteiger charge is 2.27. The maximum Gasteiger partial charge on any atom is 0.335 e. The zero-order chi connectivity index (χ0) is 12.4. The van der Waals surface area contributed by atoms with Crippen molar-refractivity contribution in [2.24, 2.45) is 0 Å². The lowest BCUT2D eigenvalue weighted by atomic mass is 10.2. The van der Waals surface area contributed by atoms with Crippen molar-refractivity contribution in [3.8, 4) is 0 Å². The lowest BCUT2D eigenvalue weighted by Crippen LogP contribution is -2.53. The fourth-order valence-electron chi connectivity index (χ4n) is 1.44. The fraction of sp³-hybridized carbons (Fsp3) is 0.200. The SMILES string of the molecule is O=C1CN(C(=O)c2ccc(=O)oc2)CC(=O)N1. The van der Waals surface area contributed by atoms with E-state index in [1.54, 1.807) is 0 Å². The van der Waals surface area contributed by atoms with E-state index >= 15 is 0 Å². The largest absolute Gasteiger partial charge is 0.430 e. The third kappa shape index (κ3) is 2.39. The van der Waals surface area contributed by atoms with Crippen molar-refractivity contribution in [1.29, 1.82) is 0 Å². The van der Waals surface area contributed by atoms with Crippen LogP contribution in [0, 0.1) is 0 Å². The van der Waals surface area contributed by atoms with E-state index in [2.05, 4.69) is 9.73 Å². The molecule has 7 heteroatoms. The molecule has 1 fully saturated rings. The zero-order valence-electron chi connectivity index (χ0n) is 8.63. The molecule has 88 valence electrons. The number of nitrogens with zero attached hydrogens (tertiary/aromatic N) is 1. The summed E-state index contributed by atoms with van der Waals surface area (Å²) in [6.45, 7) is -0.382. The first-order valence-corrected chi connectivity index (χ1v) is 4.77. The summed E-state index contributed by atoms with van der Waals surface area (Å²) in [5, 5.41) is 2.08. The minimum absolute atomic E-state index is 0.118. The smallest absolute Gasteiger partial charge is 0.335 e. The van der Waals surface area contributed by atoms with Crippen LogP contribution in [0.15, 0.2) is 27.6 Å². The van der Waals surface area contributed by atoms with Crippen LogP contribution in [0.4, 0.5) is 0 Å². The monoisotopic (exact) mass is 236 g/mol. The minimum atomic E-state index is -0.575. The van der Waals surface area contributed by atoms with Crippen molar-refractivity contribution >= 4 is 17.7 Å². The van der Waals surface area contributed by atoms with Crippen LogP contribution in [0.5, 0.6) is 0 Å². The topological polar surface area (TPSA) is 96.7 Å². The molecule has 7 nitrogen and oxygen atoms in total. The van der Waals surface area contributed by atoms with Crippen molar-refractivity contribution in [3.05, 3.63) is 34.4 Å². The average Bonchev–Trinajstić information content (AvgIpc) is 2.28. The van der Waals surface area contributed by atoms with Crippen LogP contribution in [-0.2, 0) is 9.59 Å². The van der Waals surface area contributed by atoms with Gasteiger partial charge in [0.05, 0.1) is 5.56 Å². The van der Waals surface area contributed by atoms with Gasteiger partial charge in [-0.1, -0.05) is 0 Å². The predicted molar refractivity (Wildman–Crippen MR) is 54.0 cm³/mol. The molecule has 2 heterocycles. The molecular weight excluding hydrogens is 228 g/mol. The number of carbonyl (C=O) groups excluding carboxylic acids is 3. The lowest BCUT2D eigenvalue weighted by Gasteiger charge is -2.25. The molecule has 1 N–H and O–H groups in total. The van der Waals surface area contributed by atoms with Crippen LogP contribution in [0.1, 0.15) is 10.4 Å². The fourth-order valence-corrected chi connectivity index (χ4v) is 1.44. The standard InChI is InChI=1S/C10H8N2O5/c13-7-3-12(4-8(14)11-7)10(16)6-1-2-9(15)17-5-6/h1-2,5H,3-4H2,(H,11,13,14). The molecule has 0 radical (unpaired) electrons. The van der Waals surface area contributed by atoms with Gasteiger partial charge in [0.15, 0.2) is 0 Å². The Balaban J connectivity index is 2.19. The van der Waals surface area contributed by atoms with Gasteiger partial charge in [-0.3, -0.25) is 19.7 Å². The van der Waals surface area contributed by atoms with Crippen LogP contribution < -0.4 is 10.9 Å². The van der Waals surface area contributed by atoms with Gasteiger partial charge >= 0.3 is 5.63 Å². The second-order valence-corrected chi connectivity index (χ2v) is 3.48. The molecule has 3 amide bonds. The van der Waals surface area contributed by atoms with Crippen LogP contribution in [-0.4, -0.2) is 35.7 Å². The summed E-state index contributed by atoms with van der Waals surface area (Å²) in [6, 6.07) is 2.38. The number of rotatable bonds is 1. The highest BCUT2D eigenvalue weighted by molar-refractivity contribution is 6.05. The van der Waals surface area contributed by atoms with Crippen LogP contribution in [0.25, 0.3) is 0 Å². The van der Waals surface area contributed by atoms with Crippen molar-refractivity contribution in [2.75, 3.05) is 13.1 Å². The molecule has 0 bridgehead atoms. The maximum absolute atomic E-state index is 11.8. The van der Waals surface area contributed by atoms with Crippen molar-refractivity contribution in [2.45, 2.75) is 0 Å². The van der Waals surface area contributed by atoms with Crippen LogP contribution in [0.3, 0.4) is 0 Å². The second kappa shape index (κ2) is 4.20. The first-order chi connectivity index (χ1) is 8.06. The highest BCUT2D eigenvalue weighted by atomic mass is 16.4. The number of hydrogen-bond acceptors (Lipinski definition) is 5. The molecule has 0 aromatic carbocycles. The number of imide groups is 1. The summed E-state index contributed by atoms with van der Waals surface area (Å²) in [6.07, 6.45) is 1.00. The van der Waals surface area contributed by atoms with E-state index in [4.69, 9.17) is 0 Å². The minimum Gasteiger partial charge on any atom is -0.430 e.